The van der Waals surface area contributed by atoms with Gasteiger partial charge in [-0.1, -0.05) is 36.4 Å². The predicted molar refractivity (Wildman–Crippen MR) is 85.1 cm³/mol. The number of hydrogen-bond acceptors (Lipinski definition) is 2. The van der Waals surface area contributed by atoms with E-state index in [1.807, 2.05) is 33.0 Å². The molecule has 2 nitrogen and oxygen atoms in total. The summed E-state index contributed by atoms with van der Waals surface area (Å²) in [5, 5.41) is 3.30. The van der Waals surface area contributed by atoms with Crippen LogP contribution < -0.4 is 10.1 Å². The van der Waals surface area contributed by atoms with E-state index in [9.17, 15) is 0 Å². The summed E-state index contributed by atoms with van der Waals surface area (Å²) in [4.78, 5) is 0. The average molecular weight is 269 g/mol. The summed E-state index contributed by atoms with van der Waals surface area (Å²) >= 11 is 0. The van der Waals surface area contributed by atoms with Gasteiger partial charge >= 0.3 is 0 Å². The molecule has 0 radical (unpaired) electrons. The van der Waals surface area contributed by atoms with E-state index >= 15 is 0 Å². The van der Waals surface area contributed by atoms with Gasteiger partial charge in [-0.05, 0) is 56.6 Å². The van der Waals surface area contributed by atoms with Crippen LogP contribution >= 0.6 is 0 Å². The van der Waals surface area contributed by atoms with Crippen molar-refractivity contribution >= 4 is 0 Å². The van der Waals surface area contributed by atoms with E-state index in [1.165, 1.54) is 16.7 Å². The van der Waals surface area contributed by atoms with Crippen molar-refractivity contribution in [3.8, 4) is 16.9 Å². The third-order valence-corrected chi connectivity index (χ3v) is 3.40. The maximum absolute atomic E-state index is 5.69. The molecule has 0 aliphatic heterocycles. The molecule has 0 bridgehead atoms. The molecule has 0 saturated carbocycles. The Labute approximate surface area is 121 Å². The minimum atomic E-state index is 0.206. The van der Waals surface area contributed by atoms with Crippen LogP contribution in [0, 0.1) is 0 Å². The van der Waals surface area contributed by atoms with Gasteiger partial charge in [-0.25, -0.2) is 0 Å². The van der Waals surface area contributed by atoms with Crippen molar-refractivity contribution in [2.45, 2.75) is 32.9 Å². The van der Waals surface area contributed by atoms with E-state index in [0.29, 0.717) is 6.04 Å². The molecule has 0 fully saturated rings. The van der Waals surface area contributed by atoms with E-state index in [0.717, 1.165) is 5.75 Å². The fraction of sp³-hybridized carbons (Fsp3) is 0.333. The van der Waals surface area contributed by atoms with E-state index in [2.05, 4.69) is 48.6 Å². The van der Waals surface area contributed by atoms with Crippen LogP contribution in [0.5, 0.6) is 5.75 Å². The van der Waals surface area contributed by atoms with Gasteiger partial charge < -0.3 is 10.1 Å². The van der Waals surface area contributed by atoms with Gasteiger partial charge in [0.15, 0.2) is 0 Å². The lowest BCUT2D eigenvalue weighted by Gasteiger charge is -2.16. The van der Waals surface area contributed by atoms with Crippen molar-refractivity contribution < 1.29 is 4.74 Å². The zero-order chi connectivity index (χ0) is 14.5. The Morgan fingerprint density at radius 2 is 1.55 bits per heavy atom. The van der Waals surface area contributed by atoms with Crippen molar-refractivity contribution in [3.63, 3.8) is 0 Å². The first-order valence-electron chi connectivity index (χ1n) is 7.15. The maximum atomic E-state index is 5.69. The lowest BCUT2D eigenvalue weighted by atomic mass is 9.95. The molecule has 0 saturated heterocycles. The summed E-state index contributed by atoms with van der Waals surface area (Å²) in [6.07, 6.45) is 0.206. The molecule has 2 heteroatoms. The van der Waals surface area contributed by atoms with Crippen molar-refractivity contribution in [1.29, 1.82) is 0 Å². The predicted octanol–water partition coefficient (Wildman–Crippen LogP) is 4.42. The highest BCUT2D eigenvalue weighted by atomic mass is 16.5. The summed E-state index contributed by atoms with van der Waals surface area (Å²) in [5.41, 5.74) is 3.80. The topological polar surface area (TPSA) is 21.3 Å². The van der Waals surface area contributed by atoms with Gasteiger partial charge in [0.2, 0.25) is 0 Å². The molecule has 0 amide bonds. The van der Waals surface area contributed by atoms with Crippen molar-refractivity contribution in [2.24, 2.45) is 0 Å². The minimum Gasteiger partial charge on any atom is -0.491 e. The minimum absolute atomic E-state index is 0.206. The van der Waals surface area contributed by atoms with Crippen LogP contribution in [0.4, 0.5) is 0 Å². The average Bonchev–Trinajstić information content (AvgIpc) is 2.46. The van der Waals surface area contributed by atoms with E-state index in [4.69, 9.17) is 4.74 Å². The Morgan fingerprint density at radius 3 is 2.15 bits per heavy atom. The van der Waals surface area contributed by atoms with Crippen LogP contribution in [0.3, 0.4) is 0 Å². The first kappa shape index (κ1) is 14.6. The van der Waals surface area contributed by atoms with Crippen molar-refractivity contribution in [3.05, 3.63) is 54.1 Å². The molecule has 2 rings (SSSR count). The fourth-order valence-corrected chi connectivity index (χ4v) is 2.28. The van der Waals surface area contributed by atoms with Gasteiger partial charge in [0.05, 0.1) is 6.10 Å². The highest BCUT2D eigenvalue weighted by Gasteiger charge is 2.09. The number of hydrogen-bond donors (Lipinski definition) is 1. The molecule has 0 spiro atoms. The van der Waals surface area contributed by atoms with E-state index in [-0.39, 0.29) is 6.10 Å². The monoisotopic (exact) mass is 269 g/mol. The lowest BCUT2D eigenvalue weighted by Crippen LogP contribution is -2.13. The Morgan fingerprint density at radius 1 is 0.900 bits per heavy atom. The van der Waals surface area contributed by atoms with Gasteiger partial charge in [0, 0.05) is 6.04 Å². The summed E-state index contributed by atoms with van der Waals surface area (Å²) < 4.78 is 5.69. The smallest absolute Gasteiger partial charge is 0.119 e. The number of ether oxygens (including phenoxy) is 1. The third kappa shape index (κ3) is 3.40. The molecule has 0 heterocycles. The Hall–Kier alpha value is -1.80. The highest BCUT2D eigenvalue weighted by molar-refractivity contribution is 5.68. The van der Waals surface area contributed by atoms with Crippen LogP contribution in [-0.2, 0) is 0 Å². The molecule has 0 aromatic heterocycles. The van der Waals surface area contributed by atoms with Gasteiger partial charge in [-0.2, -0.15) is 0 Å². The quantitative estimate of drug-likeness (QED) is 0.867. The first-order chi connectivity index (χ1) is 9.61. The van der Waals surface area contributed by atoms with E-state index in [1.54, 1.807) is 0 Å². The molecular weight excluding hydrogens is 246 g/mol. The molecular formula is C18H23NO. The highest BCUT2D eigenvalue weighted by Crippen LogP contribution is 2.29. The molecule has 2 aromatic carbocycles. The normalized spacial score (nSPS) is 12.4. The third-order valence-electron chi connectivity index (χ3n) is 3.40. The number of nitrogens with one attached hydrogen (secondary N) is 1. The Kier molecular flexibility index (Phi) is 4.80. The zero-order valence-electron chi connectivity index (χ0n) is 12.7. The van der Waals surface area contributed by atoms with Crippen LogP contribution in [0.25, 0.3) is 11.1 Å². The molecule has 2 aromatic rings. The first-order valence-corrected chi connectivity index (χ1v) is 7.15. The Balaban J connectivity index is 2.32. The fourth-order valence-electron chi connectivity index (χ4n) is 2.28. The van der Waals surface area contributed by atoms with Crippen LogP contribution in [0.1, 0.15) is 32.4 Å². The number of benzene rings is 2. The molecule has 106 valence electrons. The van der Waals surface area contributed by atoms with Crippen LogP contribution in [-0.4, -0.2) is 13.2 Å². The van der Waals surface area contributed by atoms with Crippen molar-refractivity contribution in [2.75, 3.05) is 7.05 Å². The van der Waals surface area contributed by atoms with Crippen molar-refractivity contribution in [1.82, 2.24) is 5.32 Å². The van der Waals surface area contributed by atoms with Crippen LogP contribution in [0.2, 0.25) is 0 Å². The molecule has 1 N–H and O–H groups in total. The summed E-state index contributed by atoms with van der Waals surface area (Å²) in [6.45, 7) is 6.25. The van der Waals surface area contributed by atoms with Gasteiger partial charge in [-0.15, -0.1) is 0 Å². The van der Waals surface area contributed by atoms with Gasteiger partial charge in [0.25, 0.3) is 0 Å². The SMILES string of the molecule is CNC(C)c1ccccc1-c1ccc(OC(C)C)cc1. The van der Waals surface area contributed by atoms with Crippen LogP contribution in [0.15, 0.2) is 48.5 Å². The number of rotatable bonds is 5. The van der Waals surface area contributed by atoms with E-state index < -0.39 is 0 Å². The molecule has 1 unspecified atom stereocenters. The summed E-state index contributed by atoms with van der Waals surface area (Å²) in [7, 11) is 1.99. The maximum Gasteiger partial charge on any atom is 0.119 e. The molecule has 20 heavy (non-hydrogen) atoms. The van der Waals surface area contributed by atoms with Gasteiger partial charge in [-0.3, -0.25) is 0 Å². The molecule has 1 atom stereocenters. The Bertz CT molecular complexity index is 546. The zero-order valence-corrected chi connectivity index (χ0v) is 12.7. The standard InChI is InChI=1S/C18H23NO/c1-13(2)20-16-11-9-15(10-12-16)18-8-6-5-7-17(18)14(3)19-4/h5-14,19H,1-4H3. The molecule has 0 aliphatic rings. The summed E-state index contributed by atoms with van der Waals surface area (Å²) in [5.74, 6) is 0.919. The summed E-state index contributed by atoms with van der Waals surface area (Å²) in [6, 6.07) is 17.2. The second-order valence-corrected chi connectivity index (χ2v) is 5.29. The second kappa shape index (κ2) is 6.58. The lowest BCUT2D eigenvalue weighted by molar-refractivity contribution is 0.242. The molecule has 0 aliphatic carbocycles. The van der Waals surface area contributed by atoms with Gasteiger partial charge in [0.1, 0.15) is 5.75 Å². The largest absolute Gasteiger partial charge is 0.491 e. The second-order valence-electron chi connectivity index (χ2n) is 5.29.